The molecule has 0 spiro atoms. The molecule has 9 heteroatoms. The number of nitrogens with zero attached hydrogens (tertiary/aromatic N) is 2. The number of hydrogen-bond acceptors (Lipinski definition) is 8. The number of hydrogen-bond donors (Lipinski definition) is 1. The first kappa shape index (κ1) is 21.9. The predicted molar refractivity (Wildman–Crippen MR) is 117 cm³/mol. The van der Waals surface area contributed by atoms with E-state index in [1.807, 2.05) is 30.5 Å². The van der Waals surface area contributed by atoms with Crippen LogP contribution in [0.3, 0.4) is 0 Å². The van der Waals surface area contributed by atoms with Gasteiger partial charge in [-0.05, 0) is 37.3 Å². The average Bonchev–Trinajstić information content (AvgIpc) is 3.26. The van der Waals surface area contributed by atoms with Crippen LogP contribution in [0.15, 0.2) is 41.8 Å². The van der Waals surface area contributed by atoms with Gasteiger partial charge < -0.3 is 18.9 Å². The second-order valence-corrected chi connectivity index (χ2v) is 7.01. The van der Waals surface area contributed by atoms with E-state index in [4.69, 9.17) is 24.2 Å². The number of aromatic nitrogens is 1. The van der Waals surface area contributed by atoms with Gasteiger partial charge >= 0.3 is 0 Å². The van der Waals surface area contributed by atoms with E-state index in [-0.39, 0.29) is 12.5 Å². The monoisotopic (exact) mass is 439 g/mol. The Hall–Kier alpha value is -3.77. The molecule has 0 aliphatic heterocycles. The lowest BCUT2D eigenvalue weighted by Crippen LogP contribution is -2.20. The molecular formula is C22H21N3O5S. The summed E-state index contributed by atoms with van der Waals surface area (Å²) in [5.74, 6) is 1.67. The fourth-order valence-electron chi connectivity index (χ4n) is 2.72. The van der Waals surface area contributed by atoms with Gasteiger partial charge in [-0.15, -0.1) is 11.3 Å². The molecule has 1 heterocycles. The van der Waals surface area contributed by atoms with Crippen LogP contribution in [0.2, 0.25) is 0 Å². The lowest BCUT2D eigenvalue weighted by Gasteiger charge is -2.11. The van der Waals surface area contributed by atoms with E-state index in [0.717, 1.165) is 5.56 Å². The average molecular weight is 439 g/mol. The topological polar surface area (TPSA) is 103 Å². The molecule has 0 bridgehead atoms. The van der Waals surface area contributed by atoms with Gasteiger partial charge in [0.25, 0.3) is 5.91 Å². The molecule has 3 rings (SSSR count). The van der Waals surface area contributed by atoms with Crippen LogP contribution in [0.4, 0.5) is 5.13 Å². The van der Waals surface area contributed by atoms with Crippen LogP contribution < -0.4 is 24.3 Å². The Bertz CT molecular complexity index is 1110. The van der Waals surface area contributed by atoms with Crippen LogP contribution in [0, 0.1) is 11.3 Å². The smallest absolute Gasteiger partial charge is 0.264 e. The molecule has 0 fully saturated rings. The summed E-state index contributed by atoms with van der Waals surface area (Å²) in [7, 11) is 3.14. The van der Waals surface area contributed by atoms with Crippen molar-refractivity contribution in [3.63, 3.8) is 0 Å². The van der Waals surface area contributed by atoms with E-state index in [2.05, 4.69) is 10.3 Å². The second-order valence-electron chi connectivity index (χ2n) is 6.15. The number of benzene rings is 2. The van der Waals surface area contributed by atoms with E-state index in [1.54, 1.807) is 38.5 Å². The first-order valence-corrected chi connectivity index (χ1v) is 10.2. The van der Waals surface area contributed by atoms with Gasteiger partial charge in [-0.3, -0.25) is 10.1 Å². The highest BCUT2D eigenvalue weighted by molar-refractivity contribution is 7.14. The van der Waals surface area contributed by atoms with E-state index < -0.39 is 0 Å². The van der Waals surface area contributed by atoms with Crippen molar-refractivity contribution in [3.05, 3.63) is 47.3 Å². The van der Waals surface area contributed by atoms with Crippen molar-refractivity contribution >= 4 is 22.4 Å². The SMILES string of the molecule is CCOc1cc(C#N)ccc1OCC(=O)Nc1nc(-c2ccc(OC)c(OC)c2)cs1. The minimum atomic E-state index is -0.361. The fourth-order valence-corrected chi connectivity index (χ4v) is 3.46. The van der Waals surface area contributed by atoms with Crippen LogP contribution in [0.25, 0.3) is 11.3 Å². The number of nitriles is 1. The molecule has 3 aromatic rings. The summed E-state index contributed by atoms with van der Waals surface area (Å²) in [6, 6.07) is 12.3. The molecule has 0 saturated carbocycles. The Kier molecular flexibility index (Phi) is 7.30. The third-order valence-electron chi connectivity index (χ3n) is 4.16. The summed E-state index contributed by atoms with van der Waals surface area (Å²) in [5, 5.41) is 14.0. The molecule has 8 nitrogen and oxygen atoms in total. The molecule has 0 saturated heterocycles. The summed E-state index contributed by atoms with van der Waals surface area (Å²) < 4.78 is 21.6. The molecule has 0 unspecified atom stereocenters. The second kappa shape index (κ2) is 10.3. The number of amides is 1. The zero-order valence-electron chi connectivity index (χ0n) is 17.3. The summed E-state index contributed by atoms with van der Waals surface area (Å²) in [4.78, 5) is 16.8. The van der Waals surface area contributed by atoms with Crippen molar-refractivity contribution in [2.24, 2.45) is 0 Å². The molecule has 1 N–H and O–H groups in total. The zero-order chi connectivity index (χ0) is 22.2. The molecule has 160 valence electrons. The third kappa shape index (κ3) is 5.43. The number of ether oxygens (including phenoxy) is 4. The number of nitrogens with one attached hydrogen (secondary N) is 1. The maximum absolute atomic E-state index is 12.3. The van der Waals surface area contributed by atoms with Gasteiger partial charge in [0.1, 0.15) is 0 Å². The van der Waals surface area contributed by atoms with Gasteiger partial charge in [0.2, 0.25) is 0 Å². The highest BCUT2D eigenvalue weighted by atomic mass is 32.1. The predicted octanol–water partition coefficient (Wildman–Crippen LogP) is 4.12. The summed E-state index contributed by atoms with van der Waals surface area (Å²) in [5.41, 5.74) is 1.99. The van der Waals surface area contributed by atoms with Crippen LogP contribution in [-0.4, -0.2) is 38.3 Å². The first-order chi connectivity index (χ1) is 15.1. The molecular weight excluding hydrogens is 418 g/mol. The van der Waals surface area contributed by atoms with Crippen molar-refractivity contribution in [3.8, 4) is 40.3 Å². The number of thiazole rings is 1. The van der Waals surface area contributed by atoms with E-state index in [9.17, 15) is 4.79 Å². The molecule has 0 radical (unpaired) electrons. The van der Waals surface area contributed by atoms with Crippen LogP contribution >= 0.6 is 11.3 Å². The minimum Gasteiger partial charge on any atom is -0.493 e. The number of methoxy groups -OCH3 is 2. The molecule has 0 aliphatic rings. The molecule has 1 aromatic heterocycles. The highest BCUT2D eigenvalue weighted by Crippen LogP contribution is 2.33. The molecule has 2 aromatic carbocycles. The van der Waals surface area contributed by atoms with E-state index >= 15 is 0 Å². The normalized spacial score (nSPS) is 10.1. The molecule has 0 atom stereocenters. The van der Waals surface area contributed by atoms with Gasteiger partial charge in [0.05, 0.1) is 38.2 Å². The van der Waals surface area contributed by atoms with Gasteiger partial charge in [-0.25, -0.2) is 4.98 Å². The van der Waals surface area contributed by atoms with Crippen LogP contribution in [0.1, 0.15) is 12.5 Å². The van der Waals surface area contributed by atoms with Crippen molar-refractivity contribution in [2.45, 2.75) is 6.92 Å². The number of rotatable bonds is 9. The Morgan fingerprint density at radius 1 is 1.06 bits per heavy atom. The zero-order valence-corrected chi connectivity index (χ0v) is 18.1. The summed E-state index contributed by atoms with van der Waals surface area (Å²) in [6.45, 7) is 2.01. The van der Waals surface area contributed by atoms with Gasteiger partial charge in [0, 0.05) is 17.0 Å². The summed E-state index contributed by atoms with van der Waals surface area (Å²) >= 11 is 1.30. The Labute approximate surface area is 184 Å². The van der Waals surface area contributed by atoms with Crippen molar-refractivity contribution in [1.29, 1.82) is 5.26 Å². The quantitative estimate of drug-likeness (QED) is 0.535. The van der Waals surface area contributed by atoms with Crippen molar-refractivity contribution in [2.75, 3.05) is 32.8 Å². The third-order valence-corrected chi connectivity index (χ3v) is 4.92. The van der Waals surface area contributed by atoms with Crippen molar-refractivity contribution in [1.82, 2.24) is 4.98 Å². The van der Waals surface area contributed by atoms with Crippen molar-refractivity contribution < 1.29 is 23.7 Å². The Morgan fingerprint density at radius 2 is 1.84 bits per heavy atom. The minimum absolute atomic E-state index is 0.225. The van der Waals surface area contributed by atoms with E-state index in [1.165, 1.54) is 11.3 Å². The maximum Gasteiger partial charge on any atom is 0.264 e. The Morgan fingerprint density at radius 3 is 2.55 bits per heavy atom. The lowest BCUT2D eigenvalue weighted by atomic mass is 10.1. The van der Waals surface area contributed by atoms with Gasteiger partial charge in [-0.1, -0.05) is 0 Å². The maximum atomic E-state index is 12.3. The first-order valence-electron chi connectivity index (χ1n) is 9.35. The molecule has 0 aliphatic carbocycles. The number of anilines is 1. The lowest BCUT2D eigenvalue weighted by molar-refractivity contribution is -0.118. The van der Waals surface area contributed by atoms with Gasteiger partial charge in [-0.2, -0.15) is 5.26 Å². The van der Waals surface area contributed by atoms with Crippen LogP contribution in [-0.2, 0) is 4.79 Å². The van der Waals surface area contributed by atoms with Crippen LogP contribution in [0.5, 0.6) is 23.0 Å². The Balaban J connectivity index is 1.64. The largest absolute Gasteiger partial charge is 0.493 e. The fraction of sp³-hybridized carbons (Fsp3) is 0.227. The summed E-state index contributed by atoms with van der Waals surface area (Å²) in [6.07, 6.45) is 0. The highest BCUT2D eigenvalue weighted by Gasteiger charge is 2.13. The number of carbonyl (C=O) groups is 1. The standard InChI is InChI=1S/C22H21N3O5S/c1-4-29-20-9-14(11-23)5-7-18(20)30-12-21(26)25-22-24-16(13-31-22)15-6-8-17(27-2)19(10-15)28-3/h5-10,13H,4,12H2,1-3H3,(H,24,25,26). The molecule has 1 amide bonds. The van der Waals surface area contributed by atoms with E-state index in [0.29, 0.717) is 46.0 Å². The van der Waals surface area contributed by atoms with Gasteiger partial charge in [0.15, 0.2) is 34.7 Å². The molecule has 31 heavy (non-hydrogen) atoms. The number of carbonyl (C=O) groups excluding carboxylic acids is 1.